The number of amides is 1. The van der Waals surface area contributed by atoms with E-state index in [4.69, 9.17) is 4.74 Å². The van der Waals surface area contributed by atoms with Crippen molar-refractivity contribution >= 4 is 5.91 Å². The Kier molecular flexibility index (Phi) is 5.70. The van der Waals surface area contributed by atoms with Crippen molar-refractivity contribution in [3.05, 3.63) is 93.4 Å². The number of pyridine rings is 1. The molecule has 0 spiro atoms. The van der Waals surface area contributed by atoms with Crippen molar-refractivity contribution in [2.24, 2.45) is 11.8 Å². The molecule has 3 aromatic rings. The van der Waals surface area contributed by atoms with Gasteiger partial charge >= 0.3 is 0 Å². The zero-order valence-electron chi connectivity index (χ0n) is 19.3. The Balaban J connectivity index is 1.72. The maximum Gasteiger partial charge on any atom is 0.277 e. The third-order valence-electron chi connectivity index (χ3n) is 6.86. The molecule has 0 bridgehead atoms. The van der Waals surface area contributed by atoms with Crippen LogP contribution in [-0.2, 0) is 0 Å². The zero-order valence-corrected chi connectivity index (χ0v) is 19.3. The third-order valence-corrected chi connectivity index (χ3v) is 6.86. The van der Waals surface area contributed by atoms with Gasteiger partial charge < -0.3 is 14.7 Å². The number of hydrogen-bond donors (Lipinski definition) is 1. The van der Waals surface area contributed by atoms with Crippen LogP contribution in [0, 0.1) is 23.5 Å². The SMILES string of the molecule is COc1c([C@H](c2ccccc2)N2CN(CC3C[C@@H]3C)C(=O)c3c(O)c(=O)ccn32)ccc(F)c1F. The molecule has 2 aliphatic rings. The van der Waals surface area contributed by atoms with E-state index >= 15 is 0 Å². The predicted octanol–water partition coefficient (Wildman–Crippen LogP) is 3.64. The Labute approximate surface area is 200 Å². The highest BCUT2D eigenvalue weighted by atomic mass is 19.2. The maximum absolute atomic E-state index is 14.8. The van der Waals surface area contributed by atoms with E-state index < -0.39 is 34.8 Å². The topological polar surface area (TPSA) is 75.0 Å². The minimum Gasteiger partial charge on any atom is -0.502 e. The number of aromatic nitrogens is 1. The van der Waals surface area contributed by atoms with Gasteiger partial charge in [-0.25, -0.2) is 4.39 Å². The smallest absolute Gasteiger partial charge is 0.277 e. The van der Waals surface area contributed by atoms with E-state index in [1.165, 1.54) is 30.1 Å². The van der Waals surface area contributed by atoms with Gasteiger partial charge in [0.2, 0.25) is 11.2 Å². The van der Waals surface area contributed by atoms with Crippen LogP contribution in [0.3, 0.4) is 0 Å². The van der Waals surface area contributed by atoms with Gasteiger partial charge in [0.25, 0.3) is 5.91 Å². The fraction of sp³-hybridized carbons (Fsp3) is 0.308. The summed E-state index contributed by atoms with van der Waals surface area (Å²) in [6.45, 7) is 2.65. The Morgan fingerprint density at radius 2 is 1.83 bits per heavy atom. The van der Waals surface area contributed by atoms with Crippen molar-refractivity contribution in [2.45, 2.75) is 19.4 Å². The Morgan fingerprint density at radius 1 is 1.11 bits per heavy atom. The van der Waals surface area contributed by atoms with Gasteiger partial charge in [-0.15, -0.1) is 0 Å². The van der Waals surface area contributed by atoms with Crippen LogP contribution in [-0.4, -0.2) is 40.9 Å². The highest BCUT2D eigenvalue weighted by Crippen LogP contribution is 2.41. The van der Waals surface area contributed by atoms with Crippen LogP contribution in [0.25, 0.3) is 0 Å². The number of methoxy groups -OCH3 is 1. The molecule has 1 fully saturated rings. The monoisotopic (exact) mass is 481 g/mol. The van der Waals surface area contributed by atoms with Crippen molar-refractivity contribution in [1.82, 2.24) is 9.58 Å². The van der Waals surface area contributed by atoms with Gasteiger partial charge in [0.15, 0.2) is 23.0 Å². The van der Waals surface area contributed by atoms with Gasteiger partial charge in [-0.1, -0.05) is 37.3 Å². The summed E-state index contributed by atoms with van der Waals surface area (Å²) in [7, 11) is 1.26. The van der Waals surface area contributed by atoms with Crippen molar-refractivity contribution in [2.75, 3.05) is 25.3 Å². The minimum absolute atomic E-state index is 0.0963. The number of aromatic hydroxyl groups is 1. The number of nitrogens with zero attached hydrogens (tertiary/aromatic N) is 3. The number of hydrogen-bond acceptors (Lipinski definition) is 5. The Morgan fingerprint density at radius 3 is 2.49 bits per heavy atom. The molecule has 9 heteroatoms. The van der Waals surface area contributed by atoms with E-state index in [0.29, 0.717) is 23.9 Å². The van der Waals surface area contributed by atoms with Crippen LogP contribution < -0.4 is 15.2 Å². The van der Waals surface area contributed by atoms with Crippen LogP contribution in [0.15, 0.2) is 59.5 Å². The first-order valence-electron chi connectivity index (χ1n) is 11.4. The molecule has 1 saturated carbocycles. The number of benzene rings is 2. The number of carbonyl (C=O) groups excluding carboxylic acids is 1. The lowest BCUT2D eigenvalue weighted by atomic mass is 9.96. The lowest BCUT2D eigenvalue weighted by molar-refractivity contribution is 0.0668. The van der Waals surface area contributed by atoms with E-state index in [-0.39, 0.29) is 18.1 Å². The van der Waals surface area contributed by atoms with Crippen molar-refractivity contribution in [3.63, 3.8) is 0 Å². The fourth-order valence-corrected chi connectivity index (χ4v) is 4.79. The highest BCUT2D eigenvalue weighted by Gasteiger charge is 2.41. The molecular formula is C26H25F2N3O4. The van der Waals surface area contributed by atoms with Crippen molar-refractivity contribution in [3.8, 4) is 11.5 Å². The Hall–Kier alpha value is -3.88. The molecule has 1 aliphatic heterocycles. The van der Waals surface area contributed by atoms with Gasteiger partial charge in [0.1, 0.15) is 12.7 Å². The number of carbonyl (C=O) groups is 1. The van der Waals surface area contributed by atoms with Gasteiger partial charge in [0, 0.05) is 24.4 Å². The maximum atomic E-state index is 14.8. The summed E-state index contributed by atoms with van der Waals surface area (Å²) in [5, 5.41) is 12.4. The van der Waals surface area contributed by atoms with Crippen LogP contribution >= 0.6 is 0 Å². The average molecular weight is 481 g/mol. The zero-order chi connectivity index (χ0) is 24.9. The van der Waals surface area contributed by atoms with Crippen LogP contribution in [0.4, 0.5) is 8.78 Å². The van der Waals surface area contributed by atoms with Gasteiger partial charge in [-0.05, 0) is 36.0 Å². The average Bonchev–Trinajstić information content (AvgIpc) is 3.56. The molecule has 7 nitrogen and oxygen atoms in total. The summed E-state index contributed by atoms with van der Waals surface area (Å²) in [6.07, 6.45) is 2.39. The van der Waals surface area contributed by atoms with Crippen LogP contribution in [0.1, 0.15) is 41.0 Å². The van der Waals surface area contributed by atoms with Crippen molar-refractivity contribution < 1.29 is 23.4 Å². The molecule has 0 saturated heterocycles. The second kappa shape index (κ2) is 8.72. The number of rotatable bonds is 6. The predicted molar refractivity (Wildman–Crippen MR) is 125 cm³/mol. The largest absolute Gasteiger partial charge is 0.502 e. The first-order valence-corrected chi connectivity index (χ1v) is 11.4. The van der Waals surface area contributed by atoms with E-state index in [0.717, 1.165) is 18.1 Å². The summed E-state index contributed by atoms with van der Waals surface area (Å²) < 4.78 is 35.6. The fourth-order valence-electron chi connectivity index (χ4n) is 4.79. The minimum atomic E-state index is -1.12. The quantitative estimate of drug-likeness (QED) is 0.582. The first-order chi connectivity index (χ1) is 16.8. The molecule has 1 unspecified atom stereocenters. The molecule has 1 N–H and O–H groups in total. The van der Waals surface area contributed by atoms with E-state index in [2.05, 4.69) is 6.92 Å². The van der Waals surface area contributed by atoms with E-state index in [1.807, 2.05) is 30.3 Å². The summed E-state index contributed by atoms with van der Waals surface area (Å²) >= 11 is 0. The molecule has 1 aliphatic carbocycles. The standard InChI is InChI=1S/C26H25F2N3O4/c1-15-12-17(15)13-29-14-31(30-11-10-20(32)24(33)23(30)26(29)34)22(16-6-4-3-5-7-16)18-8-9-19(27)21(28)25(18)35-2/h3-11,15,17,22,33H,12-14H2,1-2H3/t15-,17?,22-/m0/s1. The molecule has 2 heterocycles. The summed E-state index contributed by atoms with van der Waals surface area (Å²) in [4.78, 5) is 27.2. The lowest BCUT2D eigenvalue weighted by Gasteiger charge is -2.44. The van der Waals surface area contributed by atoms with Crippen LogP contribution in [0.2, 0.25) is 0 Å². The molecule has 3 atom stereocenters. The molecule has 182 valence electrons. The summed E-state index contributed by atoms with van der Waals surface area (Å²) in [6, 6.07) is 12.0. The summed E-state index contributed by atoms with van der Waals surface area (Å²) in [5.41, 5.74) is 0.207. The molecule has 2 aromatic carbocycles. The number of ether oxygens (including phenoxy) is 1. The van der Waals surface area contributed by atoms with Crippen LogP contribution in [0.5, 0.6) is 11.5 Å². The number of halogens is 2. The lowest BCUT2D eigenvalue weighted by Crippen LogP contribution is -2.56. The molecule has 0 radical (unpaired) electrons. The molecule has 1 amide bonds. The van der Waals surface area contributed by atoms with E-state index in [1.54, 1.807) is 9.91 Å². The summed E-state index contributed by atoms with van der Waals surface area (Å²) in [5.74, 6) is -2.74. The normalized spacial score (nSPS) is 19.9. The second-order valence-corrected chi connectivity index (χ2v) is 9.10. The molecule has 35 heavy (non-hydrogen) atoms. The van der Waals surface area contributed by atoms with Gasteiger partial charge in [0.05, 0.1) is 7.11 Å². The van der Waals surface area contributed by atoms with E-state index in [9.17, 15) is 23.5 Å². The van der Waals surface area contributed by atoms with Gasteiger partial charge in [-0.3, -0.25) is 19.3 Å². The highest BCUT2D eigenvalue weighted by molar-refractivity contribution is 5.96. The van der Waals surface area contributed by atoms with Gasteiger partial charge in [-0.2, -0.15) is 4.39 Å². The van der Waals surface area contributed by atoms with Crippen molar-refractivity contribution in [1.29, 1.82) is 0 Å². The first kappa shape index (κ1) is 22.9. The third kappa shape index (κ3) is 3.90. The second-order valence-electron chi connectivity index (χ2n) is 9.10. The number of fused-ring (bicyclic) bond motifs is 1. The molecule has 5 rings (SSSR count). The molecule has 1 aromatic heterocycles. The molecular weight excluding hydrogens is 456 g/mol. The Bertz CT molecular complexity index is 1340.